The van der Waals surface area contributed by atoms with Gasteiger partial charge < -0.3 is 15.4 Å². The summed E-state index contributed by atoms with van der Waals surface area (Å²) in [6.07, 6.45) is 2.38. The molecule has 0 unspecified atom stereocenters. The zero-order valence-corrected chi connectivity index (χ0v) is 12.7. The number of rotatable bonds is 7. The molecule has 0 radical (unpaired) electrons. The van der Waals surface area contributed by atoms with E-state index in [1.165, 1.54) is 0 Å². The van der Waals surface area contributed by atoms with Gasteiger partial charge in [0, 0.05) is 30.8 Å². The average molecular weight is 308 g/mol. The number of carbonyl (C=O) groups is 2. The molecule has 2 rings (SSSR count). The third-order valence-electron chi connectivity index (χ3n) is 3.22. The first kappa shape index (κ1) is 15.7. The van der Waals surface area contributed by atoms with Gasteiger partial charge in [-0.25, -0.2) is 0 Å². The van der Waals surface area contributed by atoms with Gasteiger partial charge in [-0.1, -0.05) is 0 Å². The van der Waals surface area contributed by atoms with Crippen LogP contribution in [0, 0.1) is 0 Å². The van der Waals surface area contributed by atoms with E-state index in [4.69, 9.17) is 4.74 Å². The van der Waals surface area contributed by atoms with Gasteiger partial charge in [-0.15, -0.1) is 0 Å². The minimum atomic E-state index is 0.0285. The molecule has 114 valence electrons. The summed E-state index contributed by atoms with van der Waals surface area (Å²) in [5, 5.41) is 5.60. The number of hydrogen-bond donors (Lipinski definition) is 3. The number of thiol groups is 1. The van der Waals surface area contributed by atoms with Crippen molar-refractivity contribution in [2.75, 3.05) is 24.2 Å². The molecule has 0 fully saturated rings. The Morgan fingerprint density at radius 2 is 2.24 bits per heavy atom. The summed E-state index contributed by atoms with van der Waals surface area (Å²) in [5.74, 6) is 1.51. The Hall–Kier alpha value is -1.69. The Balaban J connectivity index is 1.74. The zero-order valence-electron chi connectivity index (χ0n) is 11.9. The van der Waals surface area contributed by atoms with Crippen LogP contribution >= 0.6 is 12.6 Å². The maximum Gasteiger partial charge on any atom is 0.224 e. The van der Waals surface area contributed by atoms with Crippen LogP contribution in [-0.2, 0) is 16.0 Å². The fourth-order valence-corrected chi connectivity index (χ4v) is 2.27. The highest BCUT2D eigenvalue weighted by atomic mass is 32.1. The van der Waals surface area contributed by atoms with Gasteiger partial charge in [0.05, 0.1) is 6.61 Å². The van der Waals surface area contributed by atoms with Gasteiger partial charge >= 0.3 is 0 Å². The van der Waals surface area contributed by atoms with E-state index >= 15 is 0 Å². The largest absolute Gasteiger partial charge is 0.494 e. The fourth-order valence-electron chi connectivity index (χ4n) is 2.16. The Labute approximate surface area is 129 Å². The van der Waals surface area contributed by atoms with Crippen LogP contribution in [0.4, 0.5) is 5.69 Å². The molecule has 0 saturated heterocycles. The van der Waals surface area contributed by atoms with E-state index in [-0.39, 0.29) is 11.8 Å². The molecule has 1 heterocycles. The highest BCUT2D eigenvalue weighted by Crippen LogP contribution is 2.26. The number of ether oxygens (including phenoxy) is 1. The van der Waals surface area contributed by atoms with E-state index in [0.29, 0.717) is 38.2 Å². The molecule has 1 aliphatic rings. The van der Waals surface area contributed by atoms with E-state index in [0.717, 1.165) is 23.4 Å². The van der Waals surface area contributed by atoms with Crippen LogP contribution in [0.5, 0.6) is 5.75 Å². The van der Waals surface area contributed by atoms with Crippen molar-refractivity contribution in [2.45, 2.75) is 25.7 Å². The standard InChI is InChI=1S/C15H20N2O3S/c18-14(16-7-9-21)2-1-8-20-12-4-5-13-11(10-12)3-6-15(19)17-13/h4-5,10,21H,1-3,6-9H2,(H,16,18)(H,17,19). The van der Waals surface area contributed by atoms with Gasteiger partial charge in [-0.3, -0.25) is 9.59 Å². The zero-order chi connectivity index (χ0) is 15.1. The number of carbonyl (C=O) groups excluding carboxylic acids is 2. The van der Waals surface area contributed by atoms with Crippen LogP contribution < -0.4 is 15.4 Å². The maximum absolute atomic E-state index is 11.4. The van der Waals surface area contributed by atoms with Crippen LogP contribution in [0.1, 0.15) is 24.8 Å². The van der Waals surface area contributed by atoms with E-state index in [2.05, 4.69) is 23.3 Å². The molecule has 6 heteroatoms. The molecule has 2 N–H and O–H groups in total. The summed E-state index contributed by atoms with van der Waals surface area (Å²) in [7, 11) is 0. The third-order valence-corrected chi connectivity index (χ3v) is 3.45. The van der Waals surface area contributed by atoms with E-state index < -0.39 is 0 Å². The lowest BCUT2D eigenvalue weighted by atomic mass is 10.0. The van der Waals surface area contributed by atoms with Crippen molar-refractivity contribution < 1.29 is 14.3 Å². The number of nitrogens with one attached hydrogen (secondary N) is 2. The van der Waals surface area contributed by atoms with Crippen LogP contribution in [0.25, 0.3) is 0 Å². The van der Waals surface area contributed by atoms with Gasteiger partial charge in [0.15, 0.2) is 0 Å². The first-order valence-electron chi connectivity index (χ1n) is 7.12. The van der Waals surface area contributed by atoms with Gasteiger partial charge in [-0.2, -0.15) is 12.6 Å². The molecule has 21 heavy (non-hydrogen) atoms. The highest BCUT2D eigenvalue weighted by Gasteiger charge is 2.14. The number of hydrogen-bond acceptors (Lipinski definition) is 4. The van der Waals surface area contributed by atoms with Crippen molar-refractivity contribution in [3.8, 4) is 5.75 Å². The van der Waals surface area contributed by atoms with Crippen molar-refractivity contribution >= 4 is 30.1 Å². The molecular weight excluding hydrogens is 288 g/mol. The van der Waals surface area contributed by atoms with Gasteiger partial charge in [0.2, 0.25) is 11.8 Å². The second-order valence-electron chi connectivity index (χ2n) is 4.89. The molecule has 1 aromatic rings. The van der Waals surface area contributed by atoms with Crippen LogP contribution in [-0.4, -0.2) is 30.7 Å². The molecule has 0 saturated carbocycles. The van der Waals surface area contributed by atoms with Crippen molar-refractivity contribution in [3.05, 3.63) is 23.8 Å². The number of amides is 2. The Bertz CT molecular complexity index is 520. The van der Waals surface area contributed by atoms with Crippen LogP contribution in [0.2, 0.25) is 0 Å². The molecular formula is C15H20N2O3S. The summed E-state index contributed by atoms with van der Waals surface area (Å²) in [6, 6.07) is 5.66. The lowest BCUT2D eigenvalue weighted by Gasteiger charge is -2.17. The molecule has 0 aromatic heterocycles. The molecule has 0 atom stereocenters. The molecule has 1 aliphatic heterocycles. The number of fused-ring (bicyclic) bond motifs is 1. The molecule has 0 bridgehead atoms. The first-order chi connectivity index (χ1) is 10.2. The highest BCUT2D eigenvalue weighted by molar-refractivity contribution is 7.80. The summed E-state index contributed by atoms with van der Waals surface area (Å²) in [4.78, 5) is 22.7. The van der Waals surface area contributed by atoms with Crippen molar-refractivity contribution in [1.29, 1.82) is 0 Å². The SMILES string of the molecule is O=C(CCCOc1ccc2c(c1)CCC(=O)N2)NCCS. The monoisotopic (exact) mass is 308 g/mol. The molecule has 0 spiro atoms. The smallest absolute Gasteiger partial charge is 0.224 e. The molecule has 5 nitrogen and oxygen atoms in total. The van der Waals surface area contributed by atoms with E-state index in [1.54, 1.807) is 0 Å². The number of aryl methyl sites for hydroxylation is 1. The number of benzene rings is 1. The van der Waals surface area contributed by atoms with Crippen molar-refractivity contribution in [1.82, 2.24) is 5.32 Å². The van der Waals surface area contributed by atoms with E-state index in [9.17, 15) is 9.59 Å². The van der Waals surface area contributed by atoms with Gasteiger partial charge in [0.1, 0.15) is 5.75 Å². The van der Waals surface area contributed by atoms with Crippen molar-refractivity contribution in [3.63, 3.8) is 0 Å². The second-order valence-corrected chi connectivity index (χ2v) is 5.34. The number of anilines is 1. The van der Waals surface area contributed by atoms with Crippen molar-refractivity contribution in [2.24, 2.45) is 0 Å². The Kier molecular flexibility index (Phi) is 5.92. The molecule has 1 aromatic carbocycles. The minimum Gasteiger partial charge on any atom is -0.494 e. The van der Waals surface area contributed by atoms with Crippen LogP contribution in [0.15, 0.2) is 18.2 Å². The minimum absolute atomic E-state index is 0.0285. The fraction of sp³-hybridized carbons (Fsp3) is 0.467. The Morgan fingerprint density at radius 3 is 3.05 bits per heavy atom. The van der Waals surface area contributed by atoms with Gasteiger partial charge in [0.25, 0.3) is 0 Å². The summed E-state index contributed by atoms with van der Waals surface area (Å²) in [6.45, 7) is 1.10. The predicted octanol–water partition coefficient (Wildman–Crippen LogP) is 1.78. The average Bonchev–Trinajstić information content (AvgIpc) is 2.49. The lowest BCUT2D eigenvalue weighted by molar-refractivity contribution is -0.121. The predicted molar refractivity (Wildman–Crippen MR) is 85.0 cm³/mol. The van der Waals surface area contributed by atoms with E-state index in [1.807, 2.05) is 18.2 Å². The normalized spacial score (nSPS) is 13.3. The molecule has 0 aliphatic carbocycles. The lowest BCUT2D eigenvalue weighted by Crippen LogP contribution is -2.25. The summed E-state index contributed by atoms with van der Waals surface area (Å²) in [5.41, 5.74) is 1.96. The first-order valence-corrected chi connectivity index (χ1v) is 7.75. The Morgan fingerprint density at radius 1 is 1.38 bits per heavy atom. The third kappa shape index (κ3) is 4.97. The summed E-state index contributed by atoms with van der Waals surface area (Å²) < 4.78 is 5.65. The second kappa shape index (κ2) is 7.93. The van der Waals surface area contributed by atoms with Crippen LogP contribution in [0.3, 0.4) is 0 Å². The quantitative estimate of drug-likeness (QED) is 0.531. The summed E-state index contributed by atoms with van der Waals surface area (Å²) >= 11 is 4.03. The topological polar surface area (TPSA) is 67.4 Å². The molecule has 2 amide bonds. The maximum atomic E-state index is 11.4. The van der Waals surface area contributed by atoms with Gasteiger partial charge in [-0.05, 0) is 36.6 Å².